The Morgan fingerprint density at radius 1 is 1.30 bits per heavy atom. The van der Waals surface area contributed by atoms with Crippen molar-refractivity contribution in [1.29, 1.82) is 0 Å². The normalized spacial score (nSPS) is 12.7. The zero-order chi connectivity index (χ0) is 15.3. The Morgan fingerprint density at radius 2 is 1.95 bits per heavy atom. The van der Waals surface area contributed by atoms with Crippen LogP contribution in [0.15, 0.2) is 18.2 Å². The average molecular weight is 281 g/mol. The van der Waals surface area contributed by atoms with E-state index in [0.29, 0.717) is 18.1 Å². The van der Waals surface area contributed by atoms with Gasteiger partial charge in [0, 0.05) is 6.04 Å². The minimum Gasteiger partial charge on any atom is -0.493 e. The van der Waals surface area contributed by atoms with Gasteiger partial charge in [0.15, 0.2) is 11.5 Å². The number of esters is 1. The van der Waals surface area contributed by atoms with Gasteiger partial charge in [-0.1, -0.05) is 6.07 Å². The molecule has 0 fully saturated rings. The molecule has 0 aliphatic rings. The second kappa shape index (κ2) is 6.61. The van der Waals surface area contributed by atoms with E-state index >= 15 is 0 Å². The summed E-state index contributed by atoms with van der Waals surface area (Å²) in [5.41, 5.74) is 6.18. The first-order chi connectivity index (χ1) is 9.38. The van der Waals surface area contributed by atoms with Crippen LogP contribution in [0, 0.1) is 5.41 Å². The van der Waals surface area contributed by atoms with Crippen molar-refractivity contribution in [1.82, 2.24) is 0 Å². The van der Waals surface area contributed by atoms with Gasteiger partial charge in [-0.05, 0) is 38.5 Å². The molecule has 0 amide bonds. The molecule has 5 nitrogen and oxygen atoms in total. The smallest absolute Gasteiger partial charge is 0.313 e. The molecule has 2 N–H and O–H groups in total. The standard InChI is InChI=1S/C15H23NO4/c1-6-20-12-9-10(7-8-11(12)18-4)13(16)15(2,3)14(17)19-5/h7-9,13H,6,16H2,1-5H3/t13-/m1/s1. The summed E-state index contributed by atoms with van der Waals surface area (Å²) < 4.78 is 15.6. The van der Waals surface area contributed by atoms with Gasteiger partial charge in [-0.25, -0.2) is 0 Å². The highest BCUT2D eigenvalue weighted by molar-refractivity contribution is 5.77. The van der Waals surface area contributed by atoms with Crippen molar-refractivity contribution in [2.75, 3.05) is 20.8 Å². The maximum absolute atomic E-state index is 11.8. The maximum Gasteiger partial charge on any atom is 0.313 e. The van der Waals surface area contributed by atoms with E-state index in [4.69, 9.17) is 19.9 Å². The Hall–Kier alpha value is -1.75. The fraction of sp³-hybridized carbons (Fsp3) is 0.533. The predicted molar refractivity (Wildman–Crippen MR) is 76.9 cm³/mol. The van der Waals surface area contributed by atoms with Crippen LogP contribution in [0.1, 0.15) is 32.4 Å². The molecule has 0 saturated carbocycles. The maximum atomic E-state index is 11.8. The van der Waals surface area contributed by atoms with Crippen molar-refractivity contribution in [3.8, 4) is 11.5 Å². The van der Waals surface area contributed by atoms with E-state index in [1.807, 2.05) is 13.0 Å². The van der Waals surface area contributed by atoms with Gasteiger partial charge in [0.2, 0.25) is 0 Å². The molecule has 0 aliphatic carbocycles. The van der Waals surface area contributed by atoms with E-state index in [1.165, 1.54) is 7.11 Å². The molecule has 112 valence electrons. The van der Waals surface area contributed by atoms with Gasteiger partial charge < -0.3 is 19.9 Å². The summed E-state index contributed by atoms with van der Waals surface area (Å²) in [5.74, 6) is 0.904. The third kappa shape index (κ3) is 3.22. The largest absolute Gasteiger partial charge is 0.493 e. The molecule has 1 aromatic carbocycles. The van der Waals surface area contributed by atoms with Crippen molar-refractivity contribution in [2.24, 2.45) is 11.1 Å². The van der Waals surface area contributed by atoms with Gasteiger partial charge in [0.05, 0.1) is 26.2 Å². The molecule has 20 heavy (non-hydrogen) atoms. The molecule has 0 heterocycles. The van der Waals surface area contributed by atoms with Crippen LogP contribution in [0.2, 0.25) is 0 Å². The Labute approximate surface area is 120 Å². The lowest BCUT2D eigenvalue weighted by atomic mass is 9.81. The second-order valence-corrected chi connectivity index (χ2v) is 5.03. The lowest BCUT2D eigenvalue weighted by molar-refractivity contribution is -0.152. The lowest BCUT2D eigenvalue weighted by Crippen LogP contribution is -2.37. The number of benzene rings is 1. The molecule has 1 atom stereocenters. The van der Waals surface area contributed by atoms with E-state index in [-0.39, 0.29) is 5.97 Å². The van der Waals surface area contributed by atoms with Gasteiger partial charge in [-0.3, -0.25) is 4.79 Å². The summed E-state index contributed by atoms with van der Waals surface area (Å²) in [5, 5.41) is 0. The zero-order valence-corrected chi connectivity index (χ0v) is 12.7. The fourth-order valence-corrected chi connectivity index (χ4v) is 1.96. The highest BCUT2D eigenvalue weighted by Gasteiger charge is 2.36. The molecule has 1 aromatic rings. The highest BCUT2D eigenvalue weighted by atomic mass is 16.5. The predicted octanol–water partition coefficient (Wildman–Crippen LogP) is 2.29. The van der Waals surface area contributed by atoms with Crippen molar-refractivity contribution in [3.05, 3.63) is 23.8 Å². The molecule has 0 bridgehead atoms. The van der Waals surface area contributed by atoms with Crippen molar-refractivity contribution in [3.63, 3.8) is 0 Å². The first-order valence-electron chi connectivity index (χ1n) is 6.53. The van der Waals surface area contributed by atoms with Gasteiger partial charge >= 0.3 is 5.97 Å². The molecular formula is C15H23NO4. The van der Waals surface area contributed by atoms with E-state index in [0.717, 1.165) is 5.56 Å². The lowest BCUT2D eigenvalue weighted by Gasteiger charge is -2.29. The third-order valence-corrected chi connectivity index (χ3v) is 3.34. The number of hydrogen-bond donors (Lipinski definition) is 1. The number of nitrogens with two attached hydrogens (primary N) is 1. The Bertz CT molecular complexity index is 471. The summed E-state index contributed by atoms with van der Waals surface area (Å²) in [6, 6.07) is 4.92. The molecule has 0 saturated heterocycles. The Morgan fingerprint density at radius 3 is 2.45 bits per heavy atom. The Balaban J connectivity index is 3.13. The molecule has 1 rings (SSSR count). The number of carbonyl (C=O) groups is 1. The summed E-state index contributed by atoms with van der Waals surface area (Å²) in [7, 11) is 2.94. The van der Waals surface area contributed by atoms with Crippen molar-refractivity contribution < 1.29 is 19.0 Å². The van der Waals surface area contributed by atoms with E-state index in [2.05, 4.69) is 0 Å². The second-order valence-electron chi connectivity index (χ2n) is 5.03. The van der Waals surface area contributed by atoms with Crippen LogP contribution < -0.4 is 15.2 Å². The minimum atomic E-state index is -0.827. The van der Waals surface area contributed by atoms with Crippen LogP contribution in [0.5, 0.6) is 11.5 Å². The topological polar surface area (TPSA) is 70.8 Å². The molecule has 0 unspecified atom stereocenters. The number of hydrogen-bond acceptors (Lipinski definition) is 5. The first kappa shape index (κ1) is 16.3. The summed E-state index contributed by atoms with van der Waals surface area (Å²) in [6.45, 7) is 5.93. The van der Waals surface area contributed by atoms with E-state index in [9.17, 15) is 4.79 Å². The summed E-state index contributed by atoms with van der Waals surface area (Å²) in [4.78, 5) is 11.8. The number of rotatable bonds is 6. The van der Waals surface area contributed by atoms with Crippen LogP contribution >= 0.6 is 0 Å². The molecule has 0 aromatic heterocycles. The third-order valence-electron chi connectivity index (χ3n) is 3.34. The molecule has 5 heteroatoms. The van der Waals surface area contributed by atoms with Crippen LogP contribution in [0.3, 0.4) is 0 Å². The number of ether oxygens (including phenoxy) is 3. The first-order valence-corrected chi connectivity index (χ1v) is 6.53. The van der Waals surface area contributed by atoms with Gasteiger partial charge in [-0.2, -0.15) is 0 Å². The van der Waals surface area contributed by atoms with Gasteiger partial charge in [0.25, 0.3) is 0 Å². The minimum absolute atomic E-state index is 0.348. The van der Waals surface area contributed by atoms with Gasteiger partial charge in [0.1, 0.15) is 0 Å². The van der Waals surface area contributed by atoms with E-state index < -0.39 is 11.5 Å². The zero-order valence-electron chi connectivity index (χ0n) is 12.7. The van der Waals surface area contributed by atoms with E-state index in [1.54, 1.807) is 33.1 Å². The summed E-state index contributed by atoms with van der Waals surface area (Å²) in [6.07, 6.45) is 0. The average Bonchev–Trinajstić information content (AvgIpc) is 2.45. The number of methoxy groups -OCH3 is 2. The van der Waals surface area contributed by atoms with Gasteiger partial charge in [-0.15, -0.1) is 0 Å². The molecular weight excluding hydrogens is 258 g/mol. The molecule has 0 radical (unpaired) electrons. The summed E-state index contributed by atoms with van der Waals surface area (Å²) >= 11 is 0. The molecule has 0 aliphatic heterocycles. The van der Waals surface area contributed by atoms with Crippen LogP contribution in [-0.4, -0.2) is 26.8 Å². The SMILES string of the molecule is CCOc1cc([C@@H](N)C(C)(C)C(=O)OC)ccc1OC. The van der Waals surface area contributed by atoms with Crippen LogP contribution in [0.4, 0.5) is 0 Å². The molecule has 0 spiro atoms. The monoisotopic (exact) mass is 281 g/mol. The van der Waals surface area contributed by atoms with Crippen LogP contribution in [-0.2, 0) is 9.53 Å². The van der Waals surface area contributed by atoms with Crippen LogP contribution in [0.25, 0.3) is 0 Å². The fourth-order valence-electron chi connectivity index (χ4n) is 1.96. The number of carbonyl (C=O) groups excluding carboxylic acids is 1. The quantitative estimate of drug-likeness (QED) is 0.810. The highest BCUT2D eigenvalue weighted by Crippen LogP contribution is 2.36. The van der Waals surface area contributed by atoms with Crippen molar-refractivity contribution >= 4 is 5.97 Å². The Kier molecular flexibility index (Phi) is 5.39. The van der Waals surface area contributed by atoms with Crippen molar-refractivity contribution in [2.45, 2.75) is 26.8 Å².